The molecule has 5 nitrogen and oxygen atoms in total. The van der Waals surface area contributed by atoms with Gasteiger partial charge in [-0.25, -0.2) is 0 Å². The molecule has 1 aliphatic rings. The molecular formula is C18H21N3O2. The summed E-state index contributed by atoms with van der Waals surface area (Å²) in [4.78, 5) is 31.0. The van der Waals surface area contributed by atoms with E-state index in [1.54, 1.807) is 23.2 Å². The molecule has 0 bridgehead atoms. The van der Waals surface area contributed by atoms with E-state index in [-0.39, 0.29) is 18.4 Å². The van der Waals surface area contributed by atoms with Gasteiger partial charge in [0.1, 0.15) is 12.2 Å². The molecule has 0 spiro atoms. The average molecular weight is 311 g/mol. The lowest BCUT2D eigenvalue weighted by Gasteiger charge is -2.34. The Morgan fingerprint density at radius 2 is 1.91 bits per heavy atom. The number of amides is 2. The summed E-state index contributed by atoms with van der Waals surface area (Å²) < 4.78 is 0. The number of H-pyrrole nitrogens is 1. The third-order valence-corrected chi connectivity index (χ3v) is 4.09. The SMILES string of the molecule is Cc1cc(C)cc(CN2CCN(C(=O)c3ccc[nH]3)CC2=O)c1. The first-order valence-electron chi connectivity index (χ1n) is 7.80. The number of nitrogens with one attached hydrogen (secondary N) is 1. The van der Waals surface area contributed by atoms with Gasteiger partial charge in [0.15, 0.2) is 0 Å². The molecule has 1 aliphatic heterocycles. The summed E-state index contributed by atoms with van der Waals surface area (Å²) in [6, 6.07) is 9.85. The van der Waals surface area contributed by atoms with Crippen molar-refractivity contribution in [2.24, 2.45) is 0 Å². The second-order valence-electron chi connectivity index (χ2n) is 6.12. The van der Waals surface area contributed by atoms with Crippen molar-refractivity contribution in [2.75, 3.05) is 19.6 Å². The van der Waals surface area contributed by atoms with Crippen molar-refractivity contribution in [3.05, 3.63) is 58.9 Å². The number of aryl methyl sites for hydroxylation is 2. The molecule has 1 saturated heterocycles. The van der Waals surface area contributed by atoms with Gasteiger partial charge in [0, 0.05) is 25.8 Å². The van der Waals surface area contributed by atoms with Crippen molar-refractivity contribution in [3.63, 3.8) is 0 Å². The zero-order valence-corrected chi connectivity index (χ0v) is 13.5. The maximum Gasteiger partial charge on any atom is 0.270 e. The molecule has 0 unspecified atom stereocenters. The molecule has 0 saturated carbocycles. The van der Waals surface area contributed by atoms with E-state index in [2.05, 4.69) is 37.0 Å². The Balaban J connectivity index is 1.65. The minimum Gasteiger partial charge on any atom is -0.357 e. The monoisotopic (exact) mass is 311 g/mol. The van der Waals surface area contributed by atoms with E-state index in [9.17, 15) is 9.59 Å². The highest BCUT2D eigenvalue weighted by atomic mass is 16.2. The third-order valence-electron chi connectivity index (χ3n) is 4.09. The predicted octanol–water partition coefficient (Wildman–Crippen LogP) is 2.12. The molecule has 0 aliphatic carbocycles. The van der Waals surface area contributed by atoms with Crippen molar-refractivity contribution in [1.29, 1.82) is 0 Å². The van der Waals surface area contributed by atoms with Crippen LogP contribution in [0.25, 0.3) is 0 Å². The Kier molecular flexibility index (Phi) is 4.19. The molecule has 0 atom stereocenters. The van der Waals surface area contributed by atoms with E-state index in [0.29, 0.717) is 25.3 Å². The summed E-state index contributed by atoms with van der Waals surface area (Å²) in [6.45, 7) is 6.00. The summed E-state index contributed by atoms with van der Waals surface area (Å²) >= 11 is 0. The van der Waals surface area contributed by atoms with Gasteiger partial charge in [-0.2, -0.15) is 0 Å². The maximum absolute atomic E-state index is 12.4. The summed E-state index contributed by atoms with van der Waals surface area (Å²) in [5.41, 5.74) is 4.07. The summed E-state index contributed by atoms with van der Waals surface area (Å²) in [5, 5.41) is 0. The number of aromatic amines is 1. The first-order valence-corrected chi connectivity index (χ1v) is 7.80. The van der Waals surface area contributed by atoms with Gasteiger partial charge in [-0.05, 0) is 31.5 Å². The highest BCUT2D eigenvalue weighted by Crippen LogP contribution is 2.14. The normalized spacial score (nSPS) is 15.1. The zero-order valence-electron chi connectivity index (χ0n) is 13.5. The summed E-state index contributed by atoms with van der Waals surface area (Å²) in [7, 11) is 0. The van der Waals surface area contributed by atoms with E-state index in [1.165, 1.54) is 11.1 Å². The molecule has 2 heterocycles. The number of aromatic nitrogens is 1. The van der Waals surface area contributed by atoms with Crippen molar-refractivity contribution in [3.8, 4) is 0 Å². The average Bonchev–Trinajstić information content (AvgIpc) is 3.02. The Labute approximate surface area is 135 Å². The molecule has 0 radical (unpaired) electrons. The van der Waals surface area contributed by atoms with Crippen LogP contribution < -0.4 is 0 Å². The number of piperazine rings is 1. The molecule has 1 aromatic carbocycles. The quantitative estimate of drug-likeness (QED) is 0.944. The van der Waals surface area contributed by atoms with E-state index in [0.717, 1.165) is 5.56 Å². The standard InChI is InChI=1S/C18H21N3O2/c1-13-8-14(2)10-15(9-13)11-20-6-7-21(12-17(20)22)18(23)16-4-3-5-19-16/h3-5,8-10,19H,6-7,11-12H2,1-2H3. The molecule has 1 fully saturated rings. The molecule has 23 heavy (non-hydrogen) atoms. The number of benzene rings is 1. The highest BCUT2D eigenvalue weighted by Gasteiger charge is 2.28. The van der Waals surface area contributed by atoms with Crippen LogP contribution in [0.2, 0.25) is 0 Å². The summed E-state index contributed by atoms with van der Waals surface area (Å²) in [6.07, 6.45) is 1.71. The first-order chi connectivity index (χ1) is 11.0. The van der Waals surface area contributed by atoms with Crippen molar-refractivity contribution < 1.29 is 9.59 Å². The minimum atomic E-state index is -0.116. The van der Waals surface area contributed by atoms with Gasteiger partial charge in [-0.3, -0.25) is 9.59 Å². The van der Waals surface area contributed by atoms with E-state index >= 15 is 0 Å². The van der Waals surface area contributed by atoms with Gasteiger partial charge in [0.05, 0.1) is 0 Å². The van der Waals surface area contributed by atoms with Crippen LogP contribution in [0.5, 0.6) is 0 Å². The molecule has 5 heteroatoms. The molecule has 1 N–H and O–H groups in total. The van der Waals surface area contributed by atoms with Crippen LogP contribution in [0.4, 0.5) is 0 Å². The number of hydrogen-bond donors (Lipinski definition) is 1. The molecular weight excluding hydrogens is 290 g/mol. The van der Waals surface area contributed by atoms with Crippen LogP contribution in [-0.4, -0.2) is 46.2 Å². The van der Waals surface area contributed by atoms with Crippen LogP contribution in [0.1, 0.15) is 27.2 Å². The van der Waals surface area contributed by atoms with Crippen LogP contribution >= 0.6 is 0 Å². The molecule has 120 valence electrons. The number of rotatable bonds is 3. The van der Waals surface area contributed by atoms with Crippen LogP contribution in [-0.2, 0) is 11.3 Å². The first kappa shape index (κ1) is 15.3. The largest absolute Gasteiger partial charge is 0.357 e. The topological polar surface area (TPSA) is 56.4 Å². The van der Waals surface area contributed by atoms with Gasteiger partial charge in [-0.1, -0.05) is 29.3 Å². The van der Waals surface area contributed by atoms with Crippen LogP contribution in [0, 0.1) is 13.8 Å². The predicted molar refractivity (Wildman–Crippen MR) is 88.0 cm³/mol. The third kappa shape index (κ3) is 3.44. The fourth-order valence-electron chi connectivity index (χ4n) is 3.06. The van der Waals surface area contributed by atoms with Gasteiger partial charge in [-0.15, -0.1) is 0 Å². The Morgan fingerprint density at radius 1 is 1.17 bits per heavy atom. The number of carbonyl (C=O) groups is 2. The molecule has 3 rings (SSSR count). The van der Waals surface area contributed by atoms with E-state index in [4.69, 9.17) is 0 Å². The molecule has 2 aromatic rings. The van der Waals surface area contributed by atoms with E-state index in [1.807, 2.05) is 4.90 Å². The second kappa shape index (κ2) is 6.28. The van der Waals surface area contributed by atoms with Crippen LogP contribution in [0.3, 0.4) is 0 Å². The highest BCUT2D eigenvalue weighted by molar-refractivity contribution is 5.95. The fraction of sp³-hybridized carbons (Fsp3) is 0.333. The van der Waals surface area contributed by atoms with Gasteiger partial charge < -0.3 is 14.8 Å². The van der Waals surface area contributed by atoms with Gasteiger partial charge in [0.25, 0.3) is 5.91 Å². The Morgan fingerprint density at radius 3 is 2.52 bits per heavy atom. The number of nitrogens with zero attached hydrogens (tertiary/aromatic N) is 2. The lowest BCUT2D eigenvalue weighted by atomic mass is 10.1. The van der Waals surface area contributed by atoms with Crippen molar-refractivity contribution >= 4 is 11.8 Å². The smallest absolute Gasteiger partial charge is 0.270 e. The molecule has 2 amide bonds. The lowest BCUT2D eigenvalue weighted by molar-refractivity contribution is -0.135. The van der Waals surface area contributed by atoms with Crippen LogP contribution in [0.15, 0.2) is 36.5 Å². The molecule has 1 aromatic heterocycles. The van der Waals surface area contributed by atoms with Crippen molar-refractivity contribution in [2.45, 2.75) is 20.4 Å². The minimum absolute atomic E-state index is 0.00434. The van der Waals surface area contributed by atoms with Gasteiger partial charge in [0.2, 0.25) is 5.91 Å². The van der Waals surface area contributed by atoms with E-state index < -0.39 is 0 Å². The Hall–Kier alpha value is -2.56. The Bertz CT molecular complexity index is 702. The lowest BCUT2D eigenvalue weighted by Crippen LogP contribution is -2.51. The zero-order chi connectivity index (χ0) is 16.4. The van der Waals surface area contributed by atoms with Gasteiger partial charge >= 0.3 is 0 Å². The second-order valence-corrected chi connectivity index (χ2v) is 6.12. The van der Waals surface area contributed by atoms with Crippen molar-refractivity contribution in [1.82, 2.24) is 14.8 Å². The number of carbonyl (C=O) groups excluding carboxylic acids is 2. The summed E-state index contributed by atoms with van der Waals surface area (Å²) in [5.74, 6) is -0.121. The number of hydrogen-bond acceptors (Lipinski definition) is 2. The fourth-order valence-corrected chi connectivity index (χ4v) is 3.06. The maximum atomic E-state index is 12.4.